The van der Waals surface area contributed by atoms with E-state index in [4.69, 9.17) is 4.99 Å². The number of allylic oxidation sites excluding steroid dienone is 1. The molecular weight excluding hydrogens is 635 g/mol. The minimum Gasteiger partial charge on any atom is -0.501 e. The van der Waals surface area contributed by atoms with E-state index in [2.05, 4.69) is 0 Å². The highest BCUT2D eigenvalue weighted by Gasteiger charge is 2.33. The summed E-state index contributed by atoms with van der Waals surface area (Å²) < 4.78 is 2.14. The maximum absolute atomic E-state index is 13.9. The Morgan fingerprint density at radius 1 is 1.05 bits per heavy atom. The molecule has 0 amide bonds. The van der Waals surface area contributed by atoms with Crippen molar-refractivity contribution in [2.75, 3.05) is 0 Å². The molecule has 0 saturated carbocycles. The summed E-state index contributed by atoms with van der Waals surface area (Å²) in [6.45, 7) is 0. The summed E-state index contributed by atoms with van der Waals surface area (Å²) in [6.07, 6.45) is 2.92. The van der Waals surface area contributed by atoms with Gasteiger partial charge in [0.05, 0.1) is 29.7 Å². The van der Waals surface area contributed by atoms with Crippen LogP contribution in [0, 0.1) is 23.8 Å². The van der Waals surface area contributed by atoms with Crippen LogP contribution in [0.15, 0.2) is 76.0 Å². The molecule has 0 spiro atoms. The molecule has 1 aromatic heterocycles. The number of fused-ring (bicyclic) bond motifs is 3. The number of thiazole rings is 1. The van der Waals surface area contributed by atoms with E-state index in [-0.39, 0.29) is 14.8 Å². The van der Waals surface area contributed by atoms with E-state index in [1.165, 1.54) is 18.2 Å². The lowest BCUT2D eigenvalue weighted by Crippen LogP contribution is -2.38. The van der Waals surface area contributed by atoms with E-state index in [1.807, 2.05) is 24.3 Å². The summed E-state index contributed by atoms with van der Waals surface area (Å²) in [5.74, 6) is -0.434. The Bertz CT molecular complexity index is 1940. The number of rotatable bonds is 4. The van der Waals surface area contributed by atoms with E-state index < -0.39 is 27.3 Å². The van der Waals surface area contributed by atoms with Crippen molar-refractivity contribution < 1.29 is 15.0 Å². The lowest BCUT2D eigenvalue weighted by molar-refractivity contribution is -0.386. The fourth-order valence-corrected chi connectivity index (χ4v) is 6.75. The standard InChI is InChI=1S/C27H17IN4O6S/c28-20-10-14(11-21(25(20)33)32(37)38)12-22-26(34)30-24(16-5-3-6-17(13-16)31(35)36)19-9-8-15-4-1-2-7-18(15)23(19)29-27(30)39-22/h1-7,10-13,24,33H,8-9H2/b22-12-/t24-/m0/s1. The van der Waals surface area contributed by atoms with Gasteiger partial charge in [0, 0.05) is 23.8 Å². The third-order valence-corrected chi connectivity index (χ3v) is 8.64. The molecule has 3 aromatic carbocycles. The SMILES string of the molecule is O=c1/c(=C/c2cc(I)c(O)c([N+](=O)[O-])c2)sc2n1[C@@H](c1cccc([N+](=O)[O-])c1)C1=C(N=2)c2ccccc2CC1. The topological polar surface area (TPSA) is 141 Å². The van der Waals surface area contributed by atoms with E-state index in [9.17, 15) is 30.1 Å². The molecule has 10 nitrogen and oxygen atoms in total. The molecule has 1 atom stereocenters. The van der Waals surface area contributed by atoms with Gasteiger partial charge in [-0.25, -0.2) is 4.99 Å². The van der Waals surface area contributed by atoms with Crippen molar-refractivity contribution in [3.05, 3.63) is 132 Å². The van der Waals surface area contributed by atoms with E-state index in [0.717, 1.165) is 40.2 Å². The summed E-state index contributed by atoms with van der Waals surface area (Å²) in [6, 6.07) is 16.4. The van der Waals surface area contributed by atoms with Crippen LogP contribution in [0.4, 0.5) is 11.4 Å². The number of aromatic hydroxyl groups is 1. The Hall–Kier alpha value is -4.17. The van der Waals surface area contributed by atoms with Gasteiger partial charge in [0.15, 0.2) is 4.80 Å². The molecule has 0 bridgehead atoms. The Balaban J connectivity index is 1.62. The molecule has 1 aliphatic heterocycles. The number of phenolic OH excluding ortho intramolecular Hbond substituents is 1. The van der Waals surface area contributed by atoms with E-state index >= 15 is 0 Å². The molecule has 39 heavy (non-hydrogen) atoms. The predicted molar refractivity (Wildman–Crippen MR) is 153 cm³/mol. The van der Waals surface area contributed by atoms with Gasteiger partial charge in [0.1, 0.15) is 0 Å². The predicted octanol–water partition coefficient (Wildman–Crippen LogP) is 4.45. The highest BCUT2D eigenvalue weighted by molar-refractivity contribution is 14.1. The van der Waals surface area contributed by atoms with Gasteiger partial charge in [-0.3, -0.25) is 29.6 Å². The van der Waals surface area contributed by atoms with Crippen molar-refractivity contribution in [3.8, 4) is 5.75 Å². The first-order chi connectivity index (χ1) is 18.7. The smallest absolute Gasteiger partial charge is 0.312 e. The molecule has 0 saturated heterocycles. The molecule has 12 heteroatoms. The van der Waals surface area contributed by atoms with Crippen LogP contribution in [-0.2, 0) is 6.42 Å². The minimum absolute atomic E-state index is 0.0732. The molecule has 0 unspecified atom stereocenters. The number of aromatic nitrogens is 1. The van der Waals surface area contributed by atoms with Crippen LogP contribution in [0.25, 0.3) is 11.8 Å². The molecular formula is C27H17IN4O6S. The zero-order valence-electron chi connectivity index (χ0n) is 19.9. The van der Waals surface area contributed by atoms with Crippen LogP contribution < -0.4 is 14.9 Å². The first-order valence-corrected chi connectivity index (χ1v) is 13.7. The summed E-state index contributed by atoms with van der Waals surface area (Å²) in [4.78, 5) is 41.0. The zero-order valence-corrected chi connectivity index (χ0v) is 22.9. The highest BCUT2D eigenvalue weighted by atomic mass is 127. The first kappa shape index (κ1) is 25.1. The van der Waals surface area contributed by atoms with Gasteiger partial charge < -0.3 is 5.11 Å². The lowest BCUT2D eigenvalue weighted by Gasteiger charge is -2.30. The van der Waals surface area contributed by atoms with Crippen LogP contribution in [0.2, 0.25) is 0 Å². The van der Waals surface area contributed by atoms with E-state index in [1.54, 1.807) is 51.4 Å². The number of hydrogen-bond acceptors (Lipinski definition) is 8. The second-order valence-electron chi connectivity index (χ2n) is 9.09. The molecule has 0 fully saturated rings. The second kappa shape index (κ2) is 9.54. The Morgan fingerprint density at radius 2 is 1.85 bits per heavy atom. The third-order valence-electron chi connectivity index (χ3n) is 6.83. The second-order valence-corrected chi connectivity index (χ2v) is 11.3. The number of halogens is 1. The Kier molecular flexibility index (Phi) is 6.14. The van der Waals surface area contributed by atoms with Gasteiger partial charge in [-0.15, -0.1) is 0 Å². The number of aryl methyl sites for hydroxylation is 1. The summed E-state index contributed by atoms with van der Waals surface area (Å²) >= 11 is 2.95. The summed E-state index contributed by atoms with van der Waals surface area (Å²) in [7, 11) is 0. The van der Waals surface area contributed by atoms with Crippen molar-refractivity contribution >= 4 is 57.1 Å². The van der Waals surface area contributed by atoms with Crippen LogP contribution in [0.5, 0.6) is 5.75 Å². The van der Waals surface area contributed by atoms with E-state index in [0.29, 0.717) is 26.9 Å². The molecule has 6 rings (SSSR count). The molecule has 1 N–H and O–H groups in total. The van der Waals surface area contributed by atoms with Crippen LogP contribution in [0.3, 0.4) is 0 Å². The number of phenols is 1. The number of benzene rings is 3. The lowest BCUT2D eigenvalue weighted by atomic mass is 9.83. The van der Waals surface area contributed by atoms with Gasteiger partial charge in [0.2, 0.25) is 5.75 Å². The normalized spacial score (nSPS) is 16.2. The number of nitrogens with zero attached hydrogens (tertiary/aromatic N) is 4. The van der Waals surface area contributed by atoms with Gasteiger partial charge in [0.25, 0.3) is 11.2 Å². The molecule has 2 aliphatic rings. The monoisotopic (exact) mass is 652 g/mol. The average Bonchev–Trinajstić information content (AvgIpc) is 3.23. The fraction of sp³-hybridized carbons (Fsp3) is 0.111. The minimum atomic E-state index is -0.676. The maximum atomic E-state index is 13.9. The van der Waals surface area contributed by atoms with Crippen LogP contribution >= 0.6 is 33.9 Å². The zero-order chi connectivity index (χ0) is 27.4. The number of nitro benzene ring substituents is 2. The number of non-ortho nitro benzene ring substituents is 1. The van der Waals surface area contributed by atoms with Crippen molar-refractivity contribution in [2.24, 2.45) is 4.99 Å². The van der Waals surface area contributed by atoms with Gasteiger partial charge in [-0.05, 0) is 69.8 Å². The molecule has 4 aromatic rings. The van der Waals surface area contributed by atoms with Crippen molar-refractivity contribution in [1.29, 1.82) is 0 Å². The largest absolute Gasteiger partial charge is 0.501 e. The maximum Gasteiger partial charge on any atom is 0.312 e. The van der Waals surface area contributed by atoms with Crippen molar-refractivity contribution in [1.82, 2.24) is 4.57 Å². The summed E-state index contributed by atoms with van der Waals surface area (Å²) in [5.41, 5.74) is 3.88. The summed E-state index contributed by atoms with van der Waals surface area (Å²) in [5, 5.41) is 33.1. The van der Waals surface area contributed by atoms with Gasteiger partial charge in [-0.2, -0.15) is 0 Å². The molecule has 194 valence electrons. The first-order valence-electron chi connectivity index (χ1n) is 11.8. The third kappa shape index (κ3) is 4.25. The van der Waals surface area contributed by atoms with Gasteiger partial charge in [-0.1, -0.05) is 47.7 Å². The number of nitro groups is 2. The van der Waals surface area contributed by atoms with Crippen LogP contribution in [0.1, 0.15) is 34.7 Å². The average molecular weight is 652 g/mol. The van der Waals surface area contributed by atoms with Crippen molar-refractivity contribution in [3.63, 3.8) is 0 Å². The van der Waals surface area contributed by atoms with Crippen molar-refractivity contribution in [2.45, 2.75) is 18.9 Å². The Labute approximate surface area is 237 Å². The molecule has 1 aliphatic carbocycles. The Morgan fingerprint density at radius 3 is 2.62 bits per heavy atom. The quantitative estimate of drug-likeness (QED) is 0.196. The fourth-order valence-electron chi connectivity index (χ4n) is 5.11. The number of hydrogen-bond donors (Lipinski definition) is 1. The molecule has 2 heterocycles. The van der Waals surface area contributed by atoms with Crippen LogP contribution in [-0.4, -0.2) is 19.5 Å². The highest BCUT2D eigenvalue weighted by Crippen LogP contribution is 2.41. The van der Waals surface area contributed by atoms with Gasteiger partial charge >= 0.3 is 5.69 Å². The molecule has 0 radical (unpaired) electrons.